The van der Waals surface area contributed by atoms with Gasteiger partial charge >= 0.3 is 6.18 Å². The SMILES string of the molecule is O=C(CC(O)(CF)CF)Nc1nc2ccc(C(F)(F)F)cc2n1-c1ccc(F)c(F)c1. The fraction of sp³-hybridized carbons (Fsp3) is 0.263. The van der Waals surface area contributed by atoms with E-state index in [0.717, 1.165) is 28.8 Å². The summed E-state index contributed by atoms with van der Waals surface area (Å²) >= 11 is 0. The van der Waals surface area contributed by atoms with Crippen molar-refractivity contribution in [1.82, 2.24) is 9.55 Å². The van der Waals surface area contributed by atoms with Crippen molar-refractivity contribution in [3.63, 3.8) is 0 Å². The Hall–Kier alpha value is -3.15. The molecule has 0 saturated carbocycles. The number of aromatic nitrogens is 2. The predicted octanol–water partition coefficient (Wildman–Crippen LogP) is 4.32. The van der Waals surface area contributed by atoms with Crippen LogP contribution < -0.4 is 5.32 Å². The third-order valence-corrected chi connectivity index (χ3v) is 4.38. The summed E-state index contributed by atoms with van der Waals surface area (Å²) in [4.78, 5) is 16.1. The van der Waals surface area contributed by atoms with E-state index in [1.165, 1.54) is 0 Å². The standard InChI is InChI=1S/C19H14F7N3O2/c20-8-18(31,9-21)7-16(30)28-17-27-14-4-1-10(19(24,25)26)5-15(14)29(17)11-2-3-12(22)13(23)6-11/h1-6,31H,7-9H2,(H,27,28,30). The van der Waals surface area contributed by atoms with Crippen LogP contribution in [0.25, 0.3) is 16.7 Å². The second-order valence-corrected chi connectivity index (χ2v) is 6.79. The molecule has 2 aromatic carbocycles. The van der Waals surface area contributed by atoms with E-state index < -0.39 is 60.6 Å². The Morgan fingerprint density at radius 1 is 1.03 bits per heavy atom. The number of benzene rings is 2. The molecule has 2 N–H and O–H groups in total. The molecular weight excluding hydrogens is 435 g/mol. The molecule has 5 nitrogen and oxygen atoms in total. The average molecular weight is 449 g/mol. The number of nitrogens with one attached hydrogen (secondary N) is 1. The van der Waals surface area contributed by atoms with Crippen LogP contribution in [-0.4, -0.2) is 39.5 Å². The number of hydrogen-bond donors (Lipinski definition) is 2. The lowest BCUT2D eigenvalue weighted by Gasteiger charge is -2.20. The molecule has 3 rings (SSSR count). The van der Waals surface area contributed by atoms with E-state index in [2.05, 4.69) is 10.3 Å². The molecule has 3 aromatic rings. The number of aliphatic hydroxyl groups is 1. The number of alkyl halides is 5. The van der Waals surface area contributed by atoms with Crippen molar-refractivity contribution in [1.29, 1.82) is 0 Å². The van der Waals surface area contributed by atoms with Crippen molar-refractivity contribution in [2.75, 3.05) is 18.7 Å². The number of hydrogen-bond acceptors (Lipinski definition) is 3. The molecule has 0 aliphatic carbocycles. The Balaban J connectivity index is 2.14. The number of anilines is 1. The minimum Gasteiger partial charge on any atom is -0.384 e. The van der Waals surface area contributed by atoms with Crippen LogP contribution in [0.5, 0.6) is 0 Å². The van der Waals surface area contributed by atoms with Gasteiger partial charge in [0.25, 0.3) is 0 Å². The second kappa shape index (κ2) is 8.17. The minimum atomic E-state index is -4.72. The van der Waals surface area contributed by atoms with E-state index in [0.29, 0.717) is 12.1 Å². The van der Waals surface area contributed by atoms with Gasteiger partial charge in [0.1, 0.15) is 19.0 Å². The van der Waals surface area contributed by atoms with Gasteiger partial charge in [-0.2, -0.15) is 13.2 Å². The monoisotopic (exact) mass is 449 g/mol. The first-order valence-corrected chi connectivity index (χ1v) is 8.67. The summed E-state index contributed by atoms with van der Waals surface area (Å²) in [5.74, 6) is -4.06. The Morgan fingerprint density at radius 2 is 1.71 bits per heavy atom. The largest absolute Gasteiger partial charge is 0.416 e. The number of carbonyl (C=O) groups excluding carboxylic acids is 1. The van der Waals surface area contributed by atoms with Crippen molar-refractivity contribution in [3.8, 4) is 5.69 Å². The molecule has 1 amide bonds. The summed E-state index contributed by atoms with van der Waals surface area (Å²) in [5, 5.41) is 11.8. The molecule has 0 unspecified atom stereocenters. The highest BCUT2D eigenvalue weighted by atomic mass is 19.4. The molecule has 1 heterocycles. The van der Waals surface area contributed by atoms with Gasteiger partial charge in [0.15, 0.2) is 11.6 Å². The van der Waals surface area contributed by atoms with Crippen molar-refractivity contribution < 1.29 is 40.6 Å². The van der Waals surface area contributed by atoms with Crippen molar-refractivity contribution in [2.24, 2.45) is 0 Å². The molecule has 0 radical (unpaired) electrons. The highest BCUT2D eigenvalue weighted by Gasteiger charge is 2.33. The van der Waals surface area contributed by atoms with Crippen molar-refractivity contribution in [2.45, 2.75) is 18.2 Å². The van der Waals surface area contributed by atoms with Crippen LogP contribution in [0.1, 0.15) is 12.0 Å². The van der Waals surface area contributed by atoms with E-state index in [1.54, 1.807) is 0 Å². The first-order chi connectivity index (χ1) is 14.5. The van der Waals surface area contributed by atoms with Gasteiger partial charge in [0.05, 0.1) is 28.7 Å². The van der Waals surface area contributed by atoms with Gasteiger partial charge in [-0.25, -0.2) is 22.5 Å². The van der Waals surface area contributed by atoms with Crippen LogP contribution in [-0.2, 0) is 11.0 Å². The fourth-order valence-electron chi connectivity index (χ4n) is 2.82. The van der Waals surface area contributed by atoms with Gasteiger partial charge in [-0.15, -0.1) is 0 Å². The van der Waals surface area contributed by atoms with Crippen molar-refractivity contribution >= 4 is 22.9 Å². The number of nitrogens with zero attached hydrogens (tertiary/aromatic N) is 2. The number of rotatable bonds is 6. The summed E-state index contributed by atoms with van der Waals surface area (Å²) in [6.45, 7) is -3.13. The van der Waals surface area contributed by atoms with Crippen molar-refractivity contribution in [3.05, 3.63) is 53.6 Å². The van der Waals surface area contributed by atoms with Gasteiger partial charge in [-0.05, 0) is 30.3 Å². The molecule has 0 spiro atoms. The Bertz CT molecular complexity index is 1120. The Morgan fingerprint density at radius 3 is 2.29 bits per heavy atom. The van der Waals surface area contributed by atoms with E-state index in [1.807, 2.05) is 0 Å². The maximum Gasteiger partial charge on any atom is 0.416 e. The lowest BCUT2D eigenvalue weighted by molar-refractivity contribution is -0.137. The zero-order valence-corrected chi connectivity index (χ0v) is 15.5. The molecule has 0 aliphatic heterocycles. The normalized spacial score (nSPS) is 12.4. The highest BCUT2D eigenvalue weighted by Crippen LogP contribution is 2.34. The van der Waals surface area contributed by atoms with Gasteiger partial charge in [-0.1, -0.05) is 0 Å². The molecule has 0 bridgehead atoms. The smallest absolute Gasteiger partial charge is 0.384 e. The molecule has 0 fully saturated rings. The molecule has 0 saturated heterocycles. The topological polar surface area (TPSA) is 67.2 Å². The molecule has 12 heteroatoms. The third kappa shape index (κ3) is 4.63. The number of halogens is 7. The van der Waals surface area contributed by atoms with E-state index >= 15 is 0 Å². The lowest BCUT2D eigenvalue weighted by Crippen LogP contribution is -2.38. The molecule has 1 aromatic heterocycles. The number of amides is 1. The van der Waals surface area contributed by atoms with Crippen LogP contribution in [0, 0.1) is 11.6 Å². The maximum atomic E-state index is 13.8. The molecular formula is C19H14F7N3O2. The van der Waals surface area contributed by atoms with Crippen LogP contribution in [0.4, 0.5) is 36.7 Å². The minimum absolute atomic E-state index is 0.0423. The summed E-state index contributed by atoms with van der Waals surface area (Å²) in [6.07, 6.45) is -5.74. The molecule has 0 aliphatic rings. The van der Waals surface area contributed by atoms with Gasteiger partial charge < -0.3 is 5.11 Å². The third-order valence-electron chi connectivity index (χ3n) is 4.38. The highest BCUT2D eigenvalue weighted by molar-refractivity contribution is 5.93. The lowest BCUT2D eigenvalue weighted by atomic mass is 10.0. The Kier molecular flexibility index (Phi) is 5.94. The fourth-order valence-corrected chi connectivity index (χ4v) is 2.82. The van der Waals surface area contributed by atoms with Gasteiger partial charge in [-0.3, -0.25) is 14.7 Å². The summed E-state index contributed by atoms with van der Waals surface area (Å²) in [5.41, 5.74) is -4.08. The van der Waals surface area contributed by atoms with E-state index in [9.17, 15) is 40.6 Å². The van der Waals surface area contributed by atoms with Crippen LogP contribution in [0.15, 0.2) is 36.4 Å². The maximum absolute atomic E-state index is 13.8. The first-order valence-electron chi connectivity index (χ1n) is 8.67. The van der Waals surface area contributed by atoms with E-state index in [4.69, 9.17) is 0 Å². The zero-order valence-electron chi connectivity index (χ0n) is 15.5. The first kappa shape index (κ1) is 22.5. The predicted molar refractivity (Wildman–Crippen MR) is 96.1 cm³/mol. The molecule has 0 atom stereocenters. The van der Waals surface area contributed by atoms with Gasteiger partial charge in [0, 0.05) is 6.07 Å². The molecule has 31 heavy (non-hydrogen) atoms. The van der Waals surface area contributed by atoms with E-state index in [-0.39, 0.29) is 16.7 Å². The van der Waals surface area contributed by atoms with Crippen LogP contribution in [0.2, 0.25) is 0 Å². The average Bonchev–Trinajstić information content (AvgIpc) is 3.06. The zero-order chi connectivity index (χ0) is 23.0. The van der Waals surface area contributed by atoms with Gasteiger partial charge in [0.2, 0.25) is 11.9 Å². The summed E-state index contributed by atoms with van der Waals surface area (Å²) in [7, 11) is 0. The number of carbonyl (C=O) groups is 1. The number of imidazole rings is 1. The summed E-state index contributed by atoms with van der Waals surface area (Å²) in [6, 6.07) is 4.87. The Labute approximate surface area is 170 Å². The van der Waals surface area contributed by atoms with Crippen LogP contribution >= 0.6 is 0 Å². The number of fused-ring (bicyclic) bond motifs is 1. The second-order valence-electron chi connectivity index (χ2n) is 6.79. The quantitative estimate of drug-likeness (QED) is 0.551. The van der Waals surface area contributed by atoms with Crippen LogP contribution in [0.3, 0.4) is 0 Å². The summed E-state index contributed by atoms with van der Waals surface area (Å²) < 4.78 is 93.1. The molecule has 166 valence electrons.